The number of rotatable bonds is 5. The van der Waals surface area contributed by atoms with E-state index in [1.54, 1.807) is 20.2 Å². The monoisotopic (exact) mass is 340 g/mol. The van der Waals surface area contributed by atoms with Crippen molar-refractivity contribution in [3.8, 4) is 0 Å². The predicted octanol–water partition coefficient (Wildman–Crippen LogP) is 2.20. The van der Waals surface area contributed by atoms with Crippen molar-refractivity contribution in [2.24, 2.45) is 0 Å². The molecule has 0 bridgehead atoms. The van der Waals surface area contributed by atoms with E-state index in [2.05, 4.69) is 5.32 Å². The molecule has 0 aliphatic carbocycles. The fourth-order valence-electron chi connectivity index (χ4n) is 1.96. The van der Waals surface area contributed by atoms with E-state index >= 15 is 0 Å². The zero-order chi connectivity index (χ0) is 17.0. The normalized spacial score (nSPS) is 12.7. The third kappa shape index (κ3) is 3.89. The summed E-state index contributed by atoms with van der Waals surface area (Å²) in [7, 11) is -0.761. The zero-order valence-corrected chi connectivity index (χ0v) is 13.5. The maximum atomic E-state index is 13.0. The van der Waals surface area contributed by atoms with Crippen LogP contribution < -0.4 is 5.32 Å². The molecular formula is C15H17FN2O4S. The van der Waals surface area contributed by atoms with Crippen LogP contribution in [0.2, 0.25) is 0 Å². The maximum absolute atomic E-state index is 13.0. The lowest BCUT2D eigenvalue weighted by molar-refractivity contribution is 0.217. The topological polar surface area (TPSA) is 79.6 Å². The molecule has 6 nitrogen and oxygen atoms in total. The molecule has 0 spiro atoms. The van der Waals surface area contributed by atoms with Crippen molar-refractivity contribution in [1.29, 1.82) is 0 Å². The van der Waals surface area contributed by atoms with Crippen LogP contribution in [0.3, 0.4) is 0 Å². The molecule has 0 saturated carbocycles. The van der Waals surface area contributed by atoms with Gasteiger partial charge >= 0.3 is 6.03 Å². The fourth-order valence-corrected chi connectivity index (χ4v) is 3.55. The van der Waals surface area contributed by atoms with Gasteiger partial charge < -0.3 is 14.6 Å². The van der Waals surface area contributed by atoms with Crippen molar-refractivity contribution < 1.29 is 22.0 Å². The summed E-state index contributed by atoms with van der Waals surface area (Å²) in [5.74, 6) is -0.326. The van der Waals surface area contributed by atoms with Gasteiger partial charge in [0, 0.05) is 20.6 Å². The summed E-state index contributed by atoms with van der Waals surface area (Å²) >= 11 is 0. The first kappa shape index (κ1) is 17.0. The second-order valence-electron chi connectivity index (χ2n) is 5.08. The van der Waals surface area contributed by atoms with Crippen molar-refractivity contribution in [2.45, 2.75) is 10.1 Å². The van der Waals surface area contributed by atoms with Gasteiger partial charge in [0.25, 0.3) is 0 Å². The number of nitrogens with zero attached hydrogens (tertiary/aromatic N) is 1. The second-order valence-corrected chi connectivity index (χ2v) is 7.21. The van der Waals surface area contributed by atoms with Gasteiger partial charge in [-0.1, -0.05) is 0 Å². The molecule has 8 heteroatoms. The van der Waals surface area contributed by atoms with Crippen LogP contribution in [0.1, 0.15) is 11.0 Å². The molecule has 0 aliphatic heterocycles. The highest BCUT2D eigenvalue weighted by Crippen LogP contribution is 2.29. The number of sulfone groups is 1. The van der Waals surface area contributed by atoms with Gasteiger partial charge in [0.05, 0.1) is 11.2 Å². The molecule has 124 valence electrons. The molecule has 0 fully saturated rings. The first-order valence-corrected chi connectivity index (χ1v) is 8.35. The van der Waals surface area contributed by atoms with E-state index in [1.165, 1.54) is 29.4 Å². The highest BCUT2D eigenvalue weighted by atomic mass is 32.2. The van der Waals surface area contributed by atoms with Crippen LogP contribution in [-0.4, -0.2) is 40.0 Å². The van der Waals surface area contributed by atoms with E-state index in [4.69, 9.17) is 4.42 Å². The van der Waals surface area contributed by atoms with Gasteiger partial charge in [-0.3, -0.25) is 0 Å². The average molecular weight is 340 g/mol. The lowest BCUT2D eigenvalue weighted by atomic mass is 10.3. The van der Waals surface area contributed by atoms with Crippen molar-refractivity contribution in [3.05, 3.63) is 54.2 Å². The smallest absolute Gasteiger partial charge is 0.316 e. The third-order valence-electron chi connectivity index (χ3n) is 3.22. The molecule has 1 atom stereocenters. The van der Waals surface area contributed by atoms with Crippen molar-refractivity contribution in [1.82, 2.24) is 10.2 Å². The zero-order valence-electron chi connectivity index (χ0n) is 12.7. The summed E-state index contributed by atoms with van der Waals surface area (Å²) in [6.45, 7) is -0.162. The van der Waals surface area contributed by atoms with E-state index in [-0.39, 0.29) is 17.2 Å². The first-order chi connectivity index (χ1) is 10.8. The summed E-state index contributed by atoms with van der Waals surface area (Å²) in [6, 6.07) is 7.19. The molecular weight excluding hydrogens is 323 g/mol. The maximum Gasteiger partial charge on any atom is 0.316 e. The second kappa shape index (κ2) is 6.82. The number of carbonyl (C=O) groups is 1. The number of benzene rings is 1. The molecule has 2 aromatic rings. The van der Waals surface area contributed by atoms with Gasteiger partial charge in [0.2, 0.25) is 0 Å². The van der Waals surface area contributed by atoms with Crippen LogP contribution >= 0.6 is 0 Å². The van der Waals surface area contributed by atoms with E-state index in [1.807, 2.05) is 0 Å². The van der Waals surface area contributed by atoms with Gasteiger partial charge in [-0.25, -0.2) is 17.6 Å². The predicted molar refractivity (Wildman–Crippen MR) is 82.1 cm³/mol. The quantitative estimate of drug-likeness (QED) is 0.846. The minimum Gasteiger partial charge on any atom is -0.468 e. The fraction of sp³-hybridized carbons (Fsp3) is 0.267. The average Bonchev–Trinajstić information content (AvgIpc) is 3.01. The Morgan fingerprint density at radius 3 is 2.43 bits per heavy atom. The number of carbonyl (C=O) groups excluding carboxylic acids is 1. The Labute approximate surface area is 133 Å². The lowest BCUT2D eigenvalue weighted by Crippen LogP contribution is -2.38. The summed E-state index contributed by atoms with van der Waals surface area (Å²) in [6.07, 6.45) is 1.36. The number of furan rings is 1. The number of urea groups is 1. The van der Waals surface area contributed by atoms with Crippen LogP contribution in [0, 0.1) is 5.82 Å². The molecule has 1 N–H and O–H groups in total. The Balaban J connectivity index is 2.33. The minimum absolute atomic E-state index is 0.0422. The molecule has 1 unspecified atom stereocenters. The van der Waals surface area contributed by atoms with Gasteiger partial charge in [-0.2, -0.15) is 0 Å². The molecule has 0 aliphatic rings. The van der Waals surface area contributed by atoms with Gasteiger partial charge in [-0.05, 0) is 36.4 Å². The van der Waals surface area contributed by atoms with Crippen molar-refractivity contribution >= 4 is 15.9 Å². The number of nitrogens with one attached hydrogen (secondary N) is 1. The molecule has 23 heavy (non-hydrogen) atoms. The Bertz CT molecular complexity index is 755. The molecule has 0 radical (unpaired) electrons. The van der Waals surface area contributed by atoms with Gasteiger partial charge in [-0.15, -0.1) is 0 Å². The van der Waals surface area contributed by atoms with Crippen molar-refractivity contribution in [3.63, 3.8) is 0 Å². The number of hydrogen-bond donors (Lipinski definition) is 1. The third-order valence-corrected chi connectivity index (χ3v) is 5.30. The Morgan fingerprint density at radius 1 is 1.26 bits per heavy atom. The summed E-state index contributed by atoms with van der Waals surface area (Å²) in [4.78, 5) is 12.9. The first-order valence-electron chi connectivity index (χ1n) is 6.80. The molecule has 1 aromatic carbocycles. The van der Waals surface area contributed by atoms with E-state index < -0.39 is 26.9 Å². The molecule has 2 rings (SSSR count). The van der Waals surface area contributed by atoms with Crippen LogP contribution in [0.5, 0.6) is 0 Å². The Hall–Kier alpha value is -2.35. The number of hydrogen-bond acceptors (Lipinski definition) is 4. The molecule has 0 saturated heterocycles. The molecule has 1 heterocycles. The number of halogens is 1. The summed E-state index contributed by atoms with van der Waals surface area (Å²) in [5, 5.41) is 1.43. The highest BCUT2D eigenvalue weighted by Gasteiger charge is 2.32. The van der Waals surface area contributed by atoms with E-state index in [0.717, 1.165) is 12.1 Å². The van der Waals surface area contributed by atoms with E-state index in [0.29, 0.717) is 0 Å². The van der Waals surface area contributed by atoms with Crippen LogP contribution in [0.15, 0.2) is 52.0 Å². The highest BCUT2D eigenvalue weighted by molar-refractivity contribution is 7.91. The summed E-state index contributed by atoms with van der Waals surface area (Å²) < 4.78 is 43.8. The molecule has 1 aromatic heterocycles. The largest absolute Gasteiger partial charge is 0.468 e. The minimum atomic E-state index is -3.86. The SMILES string of the molecule is CN(C)C(=O)NCC(c1ccco1)S(=O)(=O)c1ccc(F)cc1. The van der Waals surface area contributed by atoms with Crippen molar-refractivity contribution in [2.75, 3.05) is 20.6 Å². The lowest BCUT2D eigenvalue weighted by Gasteiger charge is -2.18. The Kier molecular flexibility index (Phi) is 5.05. The Morgan fingerprint density at radius 2 is 1.91 bits per heavy atom. The summed E-state index contributed by atoms with van der Waals surface area (Å²) in [5.41, 5.74) is 0. The van der Waals surface area contributed by atoms with Gasteiger partial charge in [0.15, 0.2) is 9.84 Å². The standard InChI is InChI=1S/C15H17FN2O4S/c1-18(2)15(19)17-10-14(13-4-3-9-22-13)23(20,21)12-7-5-11(16)6-8-12/h3-9,14H,10H2,1-2H3,(H,17,19). The van der Waals surface area contributed by atoms with Crippen LogP contribution in [0.25, 0.3) is 0 Å². The van der Waals surface area contributed by atoms with Crippen LogP contribution in [0.4, 0.5) is 9.18 Å². The number of amides is 2. The van der Waals surface area contributed by atoms with Gasteiger partial charge in [0.1, 0.15) is 16.8 Å². The molecule has 2 amide bonds. The van der Waals surface area contributed by atoms with E-state index in [9.17, 15) is 17.6 Å². The van der Waals surface area contributed by atoms with Crippen LogP contribution in [-0.2, 0) is 9.84 Å².